The zero-order chi connectivity index (χ0) is 26.2. The maximum Gasteiger partial charge on any atom is 0.270 e. The number of carbonyl (C=O) groups is 1. The lowest BCUT2D eigenvalue weighted by atomic mass is 9.89. The van der Waals surface area contributed by atoms with E-state index in [9.17, 15) is 4.79 Å². The second kappa shape index (κ2) is 13.8. The Morgan fingerprint density at radius 2 is 1.78 bits per heavy atom. The van der Waals surface area contributed by atoms with Gasteiger partial charge >= 0.3 is 0 Å². The first-order valence-electron chi connectivity index (χ1n) is 15.5. The van der Waals surface area contributed by atoms with Gasteiger partial charge in [0.25, 0.3) is 5.91 Å². The molecule has 2 heterocycles. The van der Waals surface area contributed by atoms with Crippen LogP contribution in [0.25, 0.3) is 0 Å². The van der Waals surface area contributed by atoms with Crippen LogP contribution in [0.4, 0.5) is 0 Å². The molecule has 4 fully saturated rings. The summed E-state index contributed by atoms with van der Waals surface area (Å²) in [6.07, 6.45) is 15.2. The predicted molar refractivity (Wildman–Crippen MR) is 155 cm³/mol. The molecule has 6 heteroatoms. The molecule has 2 aliphatic heterocycles. The highest BCUT2D eigenvalue weighted by Gasteiger charge is 2.32. The Labute approximate surface area is 226 Å². The van der Waals surface area contributed by atoms with Gasteiger partial charge in [-0.3, -0.25) is 14.7 Å². The van der Waals surface area contributed by atoms with Gasteiger partial charge in [0.2, 0.25) is 0 Å². The second-order valence-electron chi connectivity index (χ2n) is 12.0. The van der Waals surface area contributed by atoms with Gasteiger partial charge in [-0.15, -0.1) is 0 Å². The van der Waals surface area contributed by atoms with E-state index in [1.165, 1.54) is 70.2 Å². The Morgan fingerprint density at radius 3 is 2.46 bits per heavy atom. The molecule has 208 valence electrons. The van der Waals surface area contributed by atoms with Crippen LogP contribution in [0.5, 0.6) is 0 Å². The third-order valence-corrected chi connectivity index (χ3v) is 9.33. The fraction of sp³-hybridized carbons (Fsp3) is 0.806. The molecule has 37 heavy (non-hydrogen) atoms. The van der Waals surface area contributed by atoms with E-state index in [1.807, 2.05) is 4.90 Å². The van der Waals surface area contributed by atoms with Crippen LogP contribution in [0.15, 0.2) is 27.5 Å². The maximum absolute atomic E-state index is 13.5. The fourth-order valence-corrected chi connectivity index (χ4v) is 6.52. The standard InChI is InChI=1S/C31H53N5O/c1-4-17-35(21-16-24(3)5-2)29(25-11-8-12-25)22-33-28-15-9-14-27(28)30(32)31(37)36-20-10-13-26(23-36)34-18-6-7-19-34/h24,26H,4-23,32H2,1-3H3/b30-27-,33-28?. The Bertz CT molecular complexity index is 863. The van der Waals surface area contributed by atoms with Crippen LogP contribution in [-0.4, -0.2) is 78.2 Å². The molecule has 0 aromatic rings. The molecule has 2 saturated heterocycles. The lowest BCUT2D eigenvalue weighted by molar-refractivity contribution is -0.129. The zero-order valence-corrected chi connectivity index (χ0v) is 24.1. The van der Waals surface area contributed by atoms with Crippen LogP contribution in [0.1, 0.15) is 104 Å². The molecular weight excluding hydrogens is 458 g/mol. The molecule has 2 atom stereocenters. The second-order valence-corrected chi connectivity index (χ2v) is 12.0. The smallest absolute Gasteiger partial charge is 0.270 e. The molecule has 0 aromatic carbocycles. The minimum absolute atomic E-state index is 0.0484. The number of nitrogens with zero attached hydrogens (tertiary/aromatic N) is 4. The lowest BCUT2D eigenvalue weighted by Gasteiger charge is -2.37. The van der Waals surface area contributed by atoms with Crippen molar-refractivity contribution < 1.29 is 4.79 Å². The van der Waals surface area contributed by atoms with Gasteiger partial charge in [-0.1, -0.05) is 27.2 Å². The molecule has 0 spiro atoms. The summed E-state index contributed by atoms with van der Waals surface area (Å²) in [5.74, 6) is 0.806. The summed E-state index contributed by atoms with van der Waals surface area (Å²) < 4.78 is 0. The molecule has 4 rings (SSSR count). The highest BCUT2D eigenvalue weighted by Crippen LogP contribution is 2.32. The summed E-state index contributed by atoms with van der Waals surface area (Å²) in [5.41, 5.74) is 12.3. The first-order chi connectivity index (χ1) is 18.0. The number of piperidine rings is 1. The van der Waals surface area contributed by atoms with Crippen LogP contribution in [-0.2, 0) is 4.79 Å². The third-order valence-electron chi connectivity index (χ3n) is 9.33. The van der Waals surface area contributed by atoms with Crippen molar-refractivity contribution in [2.24, 2.45) is 16.6 Å². The number of aliphatic imine (C=N–C) groups is 1. The Balaban J connectivity index is 1.46. The van der Waals surface area contributed by atoms with E-state index in [2.05, 4.69) is 30.6 Å². The highest BCUT2D eigenvalue weighted by molar-refractivity contribution is 6.09. The topological polar surface area (TPSA) is 65.2 Å². The summed E-state index contributed by atoms with van der Waals surface area (Å²) in [5, 5.41) is 0. The van der Waals surface area contributed by atoms with Gasteiger partial charge < -0.3 is 15.5 Å². The maximum atomic E-state index is 13.5. The molecule has 6 nitrogen and oxygen atoms in total. The Hall–Kier alpha value is -1.82. The summed E-state index contributed by atoms with van der Waals surface area (Å²) in [6, 6.07) is 0.506. The van der Waals surface area contributed by atoms with Gasteiger partial charge in [0, 0.05) is 49.2 Å². The number of carbonyl (C=O) groups excluding carboxylic acids is 1. The lowest BCUT2D eigenvalue weighted by Crippen LogP contribution is -2.50. The summed E-state index contributed by atoms with van der Waals surface area (Å²) in [6.45, 7) is 14.0. The first kappa shape index (κ1) is 28.2. The quantitative estimate of drug-likeness (QED) is 0.372. The number of rotatable bonds is 11. The molecular formula is C31H53N5O. The van der Waals surface area contributed by atoms with E-state index in [1.54, 1.807) is 5.57 Å². The van der Waals surface area contributed by atoms with E-state index in [4.69, 9.17) is 10.7 Å². The average molecular weight is 512 g/mol. The monoisotopic (exact) mass is 511 g/mol. The van der Waals surface area contributed by atoms with Crippen molar-refractivity contribution in [3.8, 4) is 0 Å². The minimum atomic E-state index is 0.0484. The molecule has 4 aliphatic rings. The van der Waals surface area contributed by atoms with Crippen LogP contribution >= 0.6 is 0 Å². The molecule has 0 radical (unpaired) electrons. The van der Waals surface area contributed by atoms with E-state index in [0.29, 0.717) is 11.7 Å². The van der Waals surface area contributed by atoms with Gasteiger partial charge in [-0.05, 0) is 102 Å². The van der Waals surface area contributed by atoms with Crippen molar-refractivity contribution >= 4 is 11.6 Å². The summed E-state index contributed by atoms with van der Waals surface area (Å²) in [4.78, 5) is 25.9. The number of allylic oxidation sites excluding steroid dienone is 2. The molecule has 1 amide bonds. The number of amides is 1. The van der Waals surface area contributed by atoms with Crippen LogP contribution < -0.4 is 5.73 Å². The SMILES string of the molecule is CCCN(CCC(C)CC)C(CN=C1CCC/C1=C(/N)C(=O)N1CCCC(N2CCCC2)C1)=C1CCC1. The summed E-state index contributed by atoms with van der Waals surface area (Å²) >= 11 is 0. The largest absolute Gasteiger partial charge is 0.394 e. The van der Waals surface area contributed by atoms with Crippen LogP contribution in [0, 0.1) is 5.92 Å². The molecule has 2 saturated carbocycles. The van der Waals surface area contributed by atoms with E-state index >= 15 is 0 Å². The minimum Gasteiger partial charge on any atom is -0.394 e. The molecule has 0 bridgehead atoms. The van der Waals surface area contributed by atoms with Gasteiger partial charge in [-0.25, -0.2) is 0 Å². The molecule has 2 N–H and O–H groups in total. The van der Waals surface area contributed by atoms with Crippen LogP contribution in [0.2, 0.25) is 0 Å². The number of nitrogens with two attached hydrogens (primary N) is 1. The van der Waals surface area contributed by atoms with Crippen molar-refractivity contribution in [1.82, 2.24) is 14.7 Å². The van der Waals surface area contributed by atoms with Gasteiger partial charge in [0.1, 0.15) is 5.70 Å². The summed E-state index contributed by atoms with van der Waals surface area (Å²) in [7, 11) is 0. The zero-order valence-electron chi connectivity index (χ0n) is 24.1. The molecule has 2 unspecified atom stereocenters. The Morgan fingerprint density at radius 1 is 1.03 bits per heavy atom. The number of hydrogen-bond acceptors (Lipinski definition) is 5. The molecule has 0 aromatic heterocycles. The Kier molecular flexibility index (Phi) is 10.5. The van der Waals surface area contributed by atoms with Gasteiger partial charge in [0.05, 0.1) is 6.54 Å². The first-order valence-corrected chi connectivity index (χ1v) is 15.5. The van der Waals surface area contributed by atoms with Crippen molar-refractivity contribution in [3.05, 3.63) is 22.5 Å². The predicted octanol–water partition coefficient (Wildman–Crippen LogP) is 5.50. The number of likely N-dealkylation sites (tertiary alicyclic amines) is 2. The molecule has 2 aliphatic carbocycles. The van der Waals surface area contributed by atoms with Crippen LogP contribution in [0.3, 0.4) is 0 Å². The van der Waals surface area contributed by atoms with E-state index in [0.717, 1.165) is 82.0 Å². The van der Waals surface area contributed by atoms with E-state index < -0.39 is 0 Å². The van der Waals surface area contributed by atoms with Gasteiger partial charge in [-0.2, -0.15) is 0 Å². The fourth-order valence-electron chi connectivity index (χ4n) is 6.52. The third kappa shape index (κ3) is 7.19. The van der Waals surface area contributed by atoms with Crippen molar-refractivity contribution in [2.75, 3.05) is 45.8 Å². The highest BCUT2D eigenvalue weighted by atomic mass is 16.2. The van der Waals surface area contributed by atoms with Crippen molar-refractivity contribution in [1.29, 1.82) is 0 Å². The van der Waals surface area contributed by atoms with Crippen molar-refractivity contribution in [3.63, 3.8) is 0 Å². The van der Waals surface area contributed by atoms with Gasteiger partial charge in [0.15, 0.2) is 0 Å². The normalized spacial score (nSPS) is 25.9. The van der Waals surface area contributed by atoms with Crippen molar-refractivity contribution in [2.45, 2.75) is 110 Å². The van der Waals surface area contributed by atoms with E-state index in [-0.39, 0.29) is 5.91 Å². The number of hydrogen-bond donors (Lipinski definition) is 1. The average Bonchev–Trinajstić information content (AvgIpc) is 3.59.